The summed E-state index contributed by atoms with van der Waals surface area (Å²) in [7, 11) is -1.47. The van der Waals surface area contributed by atoms with E-state index in [1.807, 2.05) is 0 Å². The molecule has 1 unspecified atom stereocenters. The molecule has 0 spiro atoms. The van der Waals surface area contributed by atoms with Gasteiger partial charge in [0.1, 0.15) is 5.25 Å². The van der Waals surface area contributed by atoms with Crippen molar-refractivity contribution >= 4 is 9.84 Å². The molecular weight excluding hydrogens is 304 g/mol. The van der Waals surface area contributed by atoms with E-state index < -0.39 is 15.1 Å². The van der Waals surface area contributed by atoms with Gasteiger partial charge in [0.05, 0.1) is 17.8 Å². The zero-order chi connectivity index (χ0) is 15.6. The molecule has 1 atom stereocenters. The standard InChI is InChI=1S/C15H24N2O4S/c1-20-11-15(8-4-2-5-9-15)14-16-13(21-17-14)12-7-3-6-10-22(12,18)19/h12H,2-11H2,1H3. The largest absolute Gasteiger partial charge is 0.384 e. The number of nitrogens with zero attached hydrogens (tertiary/aromatic N) is 2. The van der Waals surface area contributed by atoms with Crippen molar-refractivity contribution in [1.29, 1.82) is 0 Å². The number of hydrogen-bond donors (Lipinski definition) is 0. The van der Waals surface area contributed by atoms with Crippen LogP contribution in [0, 0.1) is 0 Å². The maximum absolute atomic E-state index is 12.2. The first-order valence-electron chi connectivity index (χ1n) is 8.12. The minimum atomic E-state index is -3.15. The molecule has 0 aromatic carbocycles. The fourth-order valence-electron chi connectivity index (χ4n) is 3.75. The molecule has 7 heteroatoms. The van der Waals surface area contributed by atoms with Crippen LogP contribution in [-0.2, 0) is 20.0 Å². The first-order valence-corrected chi connectivity index (χ1v) is 9.84. The Kier molecular flexibility index (Phi) is 4.54. The third-order valence-corrected chi connectivity index (χ3v) is 7.16. The van der Waals surface area contributed by atoms with Crippen LogP contribution in [0.2, 0.25) is 0 Å². The number of sulfone groups is 1. The maximum Gasteiger partial charge on any atom is 0.244 e. The Morgan fingerprint density at radius 2 is 2.00 bits per heavy atom. The second-order valence-electron chi connectivity index (χ2n) is 6.58. The van der Waals surface area contributed by atoms with Crippen LogP contribution in [0.1, 0.15) is 68.3 Å². The zero-order valence-electron chi connectivity index (χ0n) is 13.1. The summed E-state index contributed by atoms with van der Waals surface area (Å²) in [5.74, 6) is 1.12. The summed E-state index contributed by atoms with van der Waals surface area (Å²) in [6.07, 6.45) is 7.60. The molecule has 1 aromatic rings. The SMILES string of the molecule is COCC1(c2noc(C3CCCCS3(=O)=O)n2)CCCCC1. The van der Waals surface area contributed by atoms with Crippen LogP contribution >= 0.6 is 0 Å². The molecule has 1 saturated carbocycles. The van der Waals surface area contributed by atoms with E-state index in [0.29, 0.717) is 18.9 Å². The van der Waals surface area contributed by atoms with Gasteiger partial charge in [0, 0.05) is 7.11 Å². The van der Waals surface area contributed by atoms with Gasteiger partial charge in [0.2, 0.25) is 5.89 Å². The Labute approximate surface area is 131 Å². The van der Waals surface area contributed by atoms with Crippen molar-refractivity contribution in [3.8, 4) is 0 Å². The van der Waals surface area contributed by atoms with Gasteiger partial charge in [0.15, 0.2) is 15.7 Å². The van der Waals surface area contributed by atoms with Gasteiger partial charge in [-0.25, -0.2) is 8.42 Å². The van der Waals surface area contributed by atoms with Crippen LogP contribution in [0.5, 0.6) is 0 Å². The van der Waals surface area contributed by atoms with E-state index >= 15 is 0 Å². The molecule has 2 heterocycles. The topological polar surface area (TPSA) is 82.3 Å². The van der Waals surface area contributed by atoms with E-state index in [1.54, 1.807) is 7.11 Å². The molecule has 2 fully saturated rings. The quantitative estimate of drug-likeness (QED) is 0.845. The molecule has 1 aliphatic carbocycles. The van der Waals surface area contributed by atoms with E-state index in [9.17, 15) is 8.42 Å². The number of rotatable bonds is 4. The lowest BCUT2D eigenvalue weighted by molar-refractivity contribution is 0.0961. The summed E-state index contributed by atoms with van der Waals surface area (Å²) >= 11 is 0. The minimum absolute atomic E-state index is 0.215. The summed E-state index contributed by atoms with van der Waals surface area (Å²) in [5.41, 5.74) is -0.215. The van der Waals surface area contributed by atoms with Gasteiger partial charge in [-0.15, -0.1) is 0 Å². The molecule has 3 rings (SSSR count). The van der Waals surface area contributed by atoms with Crippen molar-refractivity contribution in [2.24, 2.45) is 0 Å². The van der Waals surface area contributed by atoms with Crippen molar-refractivity contribution in [2.45, 2.75) is 62.0 Å². The highest BCUT2D eigenvalue weighted by molar-refractivity contribution is 7.91. The van der Waals surface area contributed by atoms with Crippen molar-refractivity contribution in [1.82, 2.24) is 10.1 Å². The van der Waals surface area contributed by atoms with Crippen molar-refractivity contribution in [3.63, 3.8) is 0 Å². The highest BCUT2D eigenvalue weighted by Gasteiger charge is 2.41. The van der Waals surface area contributed by atoms with Crippen molar-refractivity contribution in [2.75, 3.05) is 19.5 Å². The first kappa shape index (κ1) is 15.9. The van der Waals surface area contributed by atoms with Gasteiger partial charge < -0.3 is 9.26 Å². The minimum Gasteiger partial charge on any atom is -0.384 e. The Bertz CT molecular complexity index is 599. The van der Waals surface area contributed by atoms with Crippen molar-refractivity contribution in [3.05, 3.63) is 11.7 Å². The summed E-state index contributed by atoms with van der Waals surface area (Å²) in [6.45, 7) is 0.559. The van der Waals surface area contributed by atoms with Gasteiger partial charge in [-0.05, 0) is 25.7 Å². The van der Waals surface area contributed by atoms with Crippen molar-refractivity contribution < 1.29 is 17.7 Å². The van der Waals surface area contributed by atoms with E-state index in [4.69, 9.17) is 9.26 Å². The smallest absolute Gasteiger partial charge is 0.244 e. The normalized spacial score (nSPS) is 27.6. The zero-order valence-corrected chi connectivity index (χ0v) is 13.9. The second-order valence-corrected chi connectivity index (χ2v) is 8.88. The highest BCUT2D eigenvalue weighted by Crippen LogP contribution is 2.40. The van der Waals surface area contributed by atoms with Gasteiger partial charge >= 0.3 is 0 Å². The van der Waals surface area contributed by atoms with Gasteiger partial charge in [-0.3, -0.25) is 0 Å². The Morgan fingerprint density at radius 1 is 1.23 bits per heavy atom. The monoisotopic (exact) mass is 328 g/mol. The van der Waals surface area contributed by atoms with Crippen LogP contribution in [0.15, 0.2) is 4.52 Å². The third kappa shape index (κ3) is 2.93. The Morgan fingerprint density at radius 3 is 2.68 bits per heavy atom. The molecule has 2 aliphatic rings. The average molecular weight is 328 g/mol. The summed E-state index contributed by atoms with van der Waals surface area (Å²) < 4.78 is 35.2. The van der Waals surface area contributed by atoms with Crippen LogP contribution < -0.4 is 0 Å². The van der Waals surface area contributed by atoms with Crippen LogP contribution in [0.3, 0.4) is 0 Å². The lowest BCUT2D eigenvalue weighted by Crippen LogP contribution is -2.35. The maximum atomic E-state index is 12.2. The third-order valence-electron chi connectivity index (χ3n) is 5.00. The molecule has 1 aromatic heterocycles. The number of hydrogen-bond acceptors (Lipinski definition) is 6. The van der Waals surface area contributed by atoms with Crippen LogP contribution in [-0.4, -0.2) is 38.0 Å². The molecule has 124 valence electrons. The molecule has 0 radical (unpaired) electrons. The molecule has 0 N–H and O–H groups in total. The number of ether oxygens (including phenoxy) is 1. The lowest BCUT2D eigenvalue weighted by Gasteiger charge is -2.33. The molecule has 0 bridgehead atoms. The number of aromatic nitrogens is 2. The summed E-state index contributed by atoms with van der Waals surface area (Å²) in [5, 5.41) is 3.52. The van der Waals surface area contributed by atoms with E-state index in [-0.39, 0.29) is 17.1 Å². The number of methoxy groups -OCH3 is 1. The predicted molar refractivity (Wildman–Crippen MR) is 81.3 cm³/mol. The average Bonchev–Trinajstić information content (AvgIpc) is 2.98. The molecule has 1 aliphatic heterocycles. The van der Waals surface area contributed by atoms with Crippen LogP contribution in [0.25, 0.3) is 0 Å². The summed E-state index contributed by atoms with van der Waals surface area (Å²) in [4.78, 5) is 4.51. The predicted octanol–water partition coefficient (Wildman–Crippen LogP) is 2.56. The van der Waals surface area contributed by atoms with Crippen LogP contribution in [0.4, 0.5) is 0 Å². The fraction of sp³-hybridized carbons (Fsp3) is 0.867. The Hall–Kier alpha value is -0.950. The highest BCUT2D eigenvalue weighted by atomic mass is 32.2. The Balaban J connectivity index is 1.88. The fourth-order valence-corrected chi connectivity index (χ4v) is 5.57. The van der Waals surface area contributed by atoms with E-state index in [1.165, 1.54) is 6.42 Å². The molecule has 22 heavy (non-hydrogen) atoms. The second kappa shape index (κ2) is 6.28. The van der Waals surface area contributed by atoms with Gasteiger partial charge in [-0.1, -0.05) is 30.8 Å². The molecule has 1 saturated heterocycles. The lowest BCUT2D eigenvalue weighted by atomic mass is 9.74. The first-order chi connectivity index (χ1) is 10.6. The van der Waals surface area contributed by atoms with E-state index in [0.717, 1.165) is 38.5 Å². The molecule has 0 amide bonds. The van der Waals surface area contributed by atoms with Gasteiger partial charge in [-0.2, -0.15) is 4.98 Å². The van der Waals surface area contributed by atoms with Gasteiger partial charge in [0.25, 0.3) is 0 Å². The molecule has 6 nitrogen and oxygen atoms in total. The van der Waals surface area contributed by atoms with E-state index in [2.05, 4.69) is 10.1 Å². The summed E-state index contributed by atoms with van der Waals surface area (Å²) in [6, 6.07) is 0. The molecular formula is C15H24N2O4S.